The van der Waals surface area contributed by atoms with Crippen LogP contribution in [0.5, 0.6) is 0 Å². The maximum absolute atomic E-state index is 11.8. The molecule has 0 fully saturated rings. The van der Waals surface area contributed by atoms with Crippen LogP contribution in [0.1, 0.15) is 12.0 Å². The molecule has 0 aliphatic carbocycles. The van der Waals surface area contributed by atoms with Crippen LogP contribution in [0.3, 0.4) is 0 Å². The summed E-state index contributed by atoms with van der Waals surface area (Å²) in [4.78, 5) is 0. The van der Waals surface area contributed by atoms with Crippen LogP contribution in [-0.4, -0.2) is 37.2 Å². The van der Waals surface area contributed by atoms with Crippen LogP contribution in [0.2, 0.25) is 5.02 Å². The van der Waals surface area contributed by atoms with Crippen molar-refractivity contribution in [3.05, 3.63) is 34.9 Å². The van der Waals surface area contributed by atoms with E-state index in [0.29, 0.717) is 5.02 Å². The van der Waals surface area contributed by atoms with Gasteiger partial charge in [0.1, 0.15) is 0 Å². The largest absolute Gasteiger partial charge is 0.396 e. The fourth-order valence-electron chi connectivity index (χ4n) is 1.37. The molecule has 0 atom stereocenters. The molecule has 0 spiro atoms. The summed E-state index contributed by atoms with van der Waals surface area (Å²) in [5.74, 6) is -0.0511. The van der Waals surface area contributed by atoms with Gasteiger partial charge in [0.25, 0.3) is 0 Å². The SMILES string of the molecule is CN(Cc1ccccc1Cl)S(=O)(=O)CCCO. The first-order valence-electron chi connectivity index (χ1n) is 5.25. The second-order valence-corrected chi connectivity index (χ2v) is 6.34. The second kappa shape index (κ2) is 6.35. The van der Waals surface area contributed by atoms with Gasteiger partial charge in [-0.05, 0) is 18.1 Å². The van der Waals surface area contributed by atoms with Crippen LogP contribution in [0.25, 0.3) is 0 Å². The van der Waals surface area contributed by atoms with Crippen molar-refractivity contribution >= 4 is 21.6 Å². The van der Waals surface area contributed by atoms with E-state index in [1.54, 1.807) is 18.2 Å². The first kappa shape index (κ1) is 14.4. The molecule has 0 aromatic heterocycles. The van der Waals surface area contributed by atoms with E-state index in [1.807, 2.05) is 6.07 Å². The lowest BCUT2D eigenvalue weighted by Gasteiger charge is -2.17. The van der Waals surface area contributed by atoms with Gasteiger partial charge in [-0.1, -0.05) is 29.8 Å². The Morgan fingerprint density at radius 3 is 2.59 bits per heavy atom. The molecule has 1 aromatic carbocycles. The predicted octanol–water partition coefficient (Wildman–Crippen LogP) is 1.48. The van der Waals surface area contributed by atoms with Gasteiger partial charge in [-0.25, -0.2) is 12.7 Å². The van der Waals surface area contributed by atoms with Crippen LogP contribution >= 0.6 is 11.6 Å². The standard InChI is InChI=1S/C11H16ClNO3S/c1-13(17(15,16)8-4-7-14)9-10-5-2-3-6-11(10)12/h2-3,5-6,14H,4,7-9H2,1H3. The summed E-state index contributed by atoms with van der Waals surface area (Å²) in [5, 5.41) is 9.19. The molecule has 4 nitrogen and oxygen atoms in total. The van der Waals surface area contributed by atoms with Gasteiger partial charge in [-0.15, -0.1) is 0 Å². The predicted molar refractivity (Wildman–Crippen MR) is 68.4 cm³/mol. The van der Waals surface area contributed by atoms with Crippen LogP contribution in [0, 0.1) is 0 Å². The van der Waals surface area contributed by atoms with E-state index in [-0.39, 0.29) is 25.3 Å². The van der Waals surface area contributed by atoms with Gasteiger partial charge >= 0.3 is 0 Å². The molecule has 0 bridgehead atoms. The lowest BCUT2D eigenvalue weighted by Crippen LogP contribution is -2.29. The van der Waals surface area contributed by atoms with Crippen molar-refractivity contribution in [2.45, 2.75) is 13.0 Å². The summed E-state index contributed by atoms with van der Waals surface area (Å²) in [6.45, 7) is 0.118. The molecular formula is C11H16ClNO3S. The molecule has 0 saturated heterocycles. The molecular weight excluding hydrogens is 262 g/mol. The molecule has 0 aliphatic rings. The van der Waals surface area contributed by atoms with E-state index in [1.165, 1.54) is 11.4 Å². The normalized spacial score (nSPS) is 12.0. The third-order valence-electron chi connectivity index (χ3n) is 2.39. The molecule has 96 valence electrons. The molecule has 1 rings (SSSR count). The fraction of sp³-hybridized carbons (Fsp3) is 0.455. The fourth-order valence-corrected chi connectivity index (χ4v) is 2.70. The zero-order valence-electron chi connectivity index (χ0n) is 9.63. The van der Waals surface area contributed by atoms with Gasteiger partial charge in [0.05, 0.1) is 5.75 Å². The number of aliphatic hydroxyl groups is 1. The van der Waals surface area contributed by atoms with Crippen molar-refractivity contribution < 1.29 is 13.5 Å². The Kier molecular flexibility index (Phi) is 5.39. The van der Waals surface area contributed by atoms with E-state index in [2.05, 4.69) is 0 Å². The number of aliphatic hydroxyl groups excluding tert-OH is 1. The second-order valence-electron chi connectivity index (χ2n) is 3.74. The minimum Gasteiger partial charge on any atom is -0.396 e. The highest BCUT2D eigenvalue weighted by molar-refractivity contribution is 7.89. The highest BCUT2D eigenvalue weighted by Gasteiger charge is 2.18. The number of benzene rings is 1. The number of hydrogen-bond acceptors (Lipinski definition) is 3. The number of sulfonamides is 1. The molecule has 0 heterocycles. The van der Waals surface area contributed by atoms with Crippen LogP contribution in [-0.2, 0) is 16.6 Å². The third-order valence-corrected chi connectivity index (χ3v) is 4.64. The number of halogens is 1. The Hall–Kier alpha value is -0.620. The third kappa shape index (κ3) is 4.27. The molecule has 1 N–H and O–H groups in total. The van der Waals surface area contributed by atoms with E-state index in [9.17, 15) is 8.42 Å². The lowest BCUT2D eigenvalue weighted by molar-refractivity contribution is 0.294. The Labute approximate surface area is 107 Å². The zero-order chi connectivity index (χ0) is 12.9. The first-order chi connectivity index (χ1) is 7.97. The maximum Gasteiger partial charge on any atom is 0.214 e. The van der Waals surface area contributed by atoms with Crippen LogP contribution < -0.4 is 0 Å². The van der Waals surface area contributed by atoms with Crippen molar-refractivity contribution in [2.24, 2.45) is 0 Å². The summed E-state index contributed by atoms with van der Waals surface area (Å²) >= 11 is 5.96. The molecule has 1 aromatic rings. The van der Waals surface area contributed by atoms with Gasteiger partial charge in [0.15, 0.2) is 0 Å². The number of hydrogen-bond donors (Lipinski definition) is 1. The van der Waals surface area contributed by atoms with Gasteiger partial charge in [-0.2, -0.15) is 0 Å². The Bertz CT molecular complexity index is 462. The highest BCUT2D eigenvalue weighted by Crippen LogP contribution is 2.17. The van der Waals surface area contributed by atoms with Crippen molar-refractivity contribution in [3.8, 4) is 0 Å². The number of rotatable bonds is 6. The molecule has 0 unspecified atom stereocenters. The minimum atomic E-state index is -3.32. The highest BCUT2D eigenvalue weighted by atomic mass is 35.5. The van der Waals surface area contributed by atoms with Gasteiger partial charge in [0, 0.05) is 25.2 Å². The maximum atomic E-state index is 11.8. The summed E-state index contributed by atoms with van der Waals surface area (Å²) in [6.07, 6.45) is 0.245. The molecule has 0 amide bonds. The summed E-state index contributed by atoms with van der Waals surface area (Å²) in [7, 11) is -1.81. The van der Waals surface area contributed by atoms with Gasteiger partial charge in [0.2, 0.25) is 10.0 Å². The van der Waals surface area contributed by atoms with E-state index in [0.717, 1.165) is 5.56 Å². The summed E-state index contributed by atoms with van der Waals surface area (Å²) in [5.41, 5.74) is 0.768. The first-order valence-corrected chi connectivity index (χ1v) is 7.24. The lowest BCUT2D eigenvalue weighted by atomic mass is 10.2. The van der Waals surface area contributed by atoms with E-state index in [4.69, 9.17) is 16.7 Å². The monoisotopic (exact) mass is 277 g/mol. The average molecular weight is 278 g/mol. The van der Waals surface area contributed by atoms with Crippen molar-refractivity contribution in [1.29, 1.82) is 0 Å². The van der Waals surface area contributed by atoms with Gasteiger partial charge < -0.3 is 5.11 Å². The average Bonchev–Trinajstić information content (AvgIpc) is 2.29. The molecule has 17 heavy (non-hydrogen) atoms. The quantitative estimate of drug-likeness (QED) is 0.857. The van der Waals surface area contributed by atoms with Crippen molar-refractivity contribution in [3.63, 3.8) is 0 Å². The molecule has 0 aliphatic heterocycles. The molecule has 0 saturated carbocycles. The van der Waals surface area contributed by atoms with Crippen LogP contribution in [0.4, 0.5) is 0 Å². The van der Waals surface area contributed by atoms with Gasteiger partial charge in [-0.3, -0.25) is 0 Å². The van der Waals surface area contributed by atoms with Crippen molar-refractivity contribution in [1.82, 2.24) is 4.31 Å². The minimum absolute atomic E-state index is 0.0511. The summed E-state index contributed by atoms with van der Waals surface area (Å²) in [6, 6.07) is 7.13. The van der Waals surface area contributed by atoms with Crippen LogP contribution in [0.15, 0.2) is 24.3 Å². The topological polar surface area (TPSA) is 57.6 Å². The van der Waals surface area contributed by atoms with E-state index < -0.39 is 10.0 Å². The van der Waals surface area contributed by atoms with E-state index >= 15 is 0 Å². The van der Waals surface area contributed by atoms with Crippen molar-refractivity contribution in [2.75, 3.05) is 19.4 Å². The number of nitrogens with zero attached hydrogens (tertiary/aromatic N) is 1. The Morgan fingerprint density at radius 1 is 1.35 bits per heavy atom. The molecule has 6 heteroatoms. The Morgan fingerprint density at radius 2 is 2.00 bits per heavy atom. The zero-order valence-corrected chi connectivity index (χ0v) is 11.2. The summed E-state index contributed by atoms with van der Waals surface area (Å²) < 4.78 is 24.8. The Balaban J connectivity index is 2.72. The smallest absolute Gasteiger partial charge is 0.214 e. The molecule has 0 radical (unpaired) electrons.